The lowest BCUT2D eigenvalue weighted by Crippen LogP contribution is -2.47. The summed E-state index contributed by atoms with van der Waals surface area (Å²) in [7, 11) is 3.19. The number of fused-ring (bicyclic) bond motifs is 2. The van der Waals surface area contributed by atoms with Crippen molar-refractivity contribution in [2.75, 3.05) is 27.4 Å². The zero-order valence-corrected chi connectivity index (χ0v) is 23.1. The van der Waals surface area contributed by atoms with Gasteiger partial charge in [0.05, 0.1) is 15.2 Å². The molecule has 2 unspecified atom stereocenters. The minimum atomic E-state index is -0.730. The van der Waals surface area contributed by atoms with Crippen LogP contribution in [-0.2, 0) is 25.5 Å². The monoisotopic (exact) mass is 568 g/mol. The van der Waals surface area contributed by atoms with Gasteiger partial charge in [-0.2, -0.15) is 0 Å². The summed E-state index contributed by atoms with van der Waals surface area (Å²) in [5.41, 5.74) is 2.58. The molecular weight excluding hydrogens is 539 g/mol. The van der Waals surface area contributed by atoms with Crippen LogP contribution in [0.15, 0.2) is 30.3 Å². The number of carbonyl (C=O) groups is 3. The highest BCUT2D eigenvalue weighted by Gasteiger charge is 2.49. The van der Waals surface area contributed by atoms with Crippen LogP contribution in [0.25, 0.3) is 10.2 Å². The van der Waals surface area contributed by atoms with E-state index in [1.165, 1.54) is 18.4 Å². The molecule has 0 saturated carbocycles. The number of amides is 1. The molecule has 1 aliphatic rings. The Morgan fingerprint density at radius 1 is 1.27 bits per heavy atom. The molecular formula is C26H30Cl2N2O6S. The van der Waals surface area contributed by atoms with Crippen LogP contribution in [0.2, 0.25) is 9.36 Å². The second-order valence-electron chi connectivity index (χ2n) is 9.05. The number of carboxylic acid groups (broad SMARTS) is 1. The smallest absolute Gasteiger partial charge is 0.290 e. The molecule has 0 bridgehead atoms. The minimum Gasteiger partial charge on any atom is -0.483 e. The predicted octanol–water partition coefficient (Wildman–Crippen LogP) is 5.32. The number of benzene rings is 1. The second-order valence-corrected chi connectivity index (χ2v) is 11.1. The quantitative estimate of drug-likeness (QED) is 0.225. The summed E-state index contributed by atoms with van der Waals surface area (Å²) in [6, 6.07) is 9.61. The van der Waals surface area contributed by atoms with E-state index < -0.39 is 5.41 Å². The first kappa shape index (κ1) is 29.1. The fraction of sp³-hybridized carbons (Fsp3) is 0.423. The van der Waals surface area contributed by atoms with E-state index in [0.717, 1.165) is 22.2 Å². The zero-order valence-electron chi connectivity index (χ0n) is 20.8. The second kappa shape index (κ2) is 12.9. The molecule has 37 heavy (non-hydrogen) atoms. The number of carbonyl (C=O) groups excluding carboxylic acids is 2. The van der Waals surface area contributed by atoms with Crippen molar-refractivity contribution in [3.05, 3.63) is 56.5 Å². The van der Waals surface area contributed by atoms with Gasteiger partial charge in [0.15, 0.2) is 5.78 Å². The number of aromatic amines is 1. The molecule has 1 aromatic carbocycles. The fourth-order valence-electron chi connectivity index (χ4n) is 5.15. The van der Waals surface area contributed by atoms with Gasteiger partial charge >= 0.3 is 0 Å². The van der Waals surface area contributed by atoms with Gasteiger partial charge in [0.1, 0.15) is 16.6 Å². The van der Waals surface area contributed by atoms with Gasteiger partial charge in [-0.3, -0.25) is 14.4 Å². The average molecular weight is 570 g/mol. The van der Waals surface area contributed by atoms with Gasteiger partial charge in [-0.15, -0.1) is 11.3 Å². The number of nitrogens with one attached hydrogen (secondary N) is 2. The van der Waals surface area contributed by atoms with E-state index in [4.69, 9.17) is 42.6 Å². The van der Waals surface area contributed by atoms with E-state index in [0.29, 0.717) is 40.0 Å². The van der Waals surface area contributed by atoms with Crippen LogP contribution in [0.1, 0.15) is 47.3 Å². The highest BCUT2D eigenvalue weighted by Crippen LogP contribution is 2.49. The minimum absolute atomic E-state index is 0.0221. The van der Waals surface area contributed by atoms with Gasteiger partial charge in [-0.05, 0) is 36.5 Å². The standard InChI is InChI=1S/C25H28Cl2N2O4S.CH2O2/c1-25(9-6-10-32-2,19(30)13-33-3)20-15-8-5-4-7-14(15)11-16(20)29-24(31)17-12-18-22(28-17)21(26)23(27)34-18;2-1-3/h4-5,7-8,12,16,20,28H,6,9-11,13H2,1-3H3,(H,29,31);1H,(H,2,3)/t16?,20-,25?;/m1./s1. The molecule has 2 aromatic heterocycles. The predicted molar refractivity (Wildman–Crippen MR) is 145 cm³/mol. The van der Waals surface area contributed by atoms with E-state index in [9.17, 15) is 9.59 Å². The molecule has 1 aliphatic carbocycles. The average Bonchev–Trinajstić information content (AvgIpc) is 3.52. The molecule has 1 amide bonds. The SMILES string of the molecule is COCCCC(C)(C(=O)COC)[C@@H]1c2ccccc2CC1NC(=O)c1cc2sc(Cl)c(Cl)c2[nH]1.O=CO. The highest BCUT2D eigenvalue weighted by atomic mass is 35.5. The van der Waals surface area contributed by atoms with Crippen LogP contribution >= 0.6 is 34.5 Å². The molecule has 0 spiro atoms. The zero-order chi connectivity index (χ0) is 27.2. The van der Waals surface area contributed by atoms with Gasteiger partial charge in [-0.25, -0.2) is 0 Å². The van der Waals surface area contributed by atoms with Crippen LogP contribution in [0.3, 0.4) is 0 Å². The first-order valence-corrected chi connectivity index (χ1v) is 13.2. The molecule has 0 radical (unpaired) electrons. The highest BCUT2D eigenvalue weighted by molar-refractivity contribution is 7.23. The molecule has 11 heteroatoms. The Hall–Kier alpha value is -2.43. The van der Waals surface area contributed by atoms with Crippen LogP contribution in [-0.4, -0.2) is 61.7 Å². The van der Waals surface area contributed by atoms with Crippen molar-refractivity contribution in [3.63, 3.8) is 0 Å². The Bertz CT molecular complexity index is 1260. The summed E-state index contributed by atoms with van der Waals surface area (Å²) in [5.74, 6) is -0.410. The van der Waals surface area contributed by atoms with Crippen molar-refractivity contribution >= 4 is 62.9 Å². The number of aromatic nitrogens is 1. The maximum absolute atomic E-state index is 13.4. The number of Topliss-reactive ketones (excluding diaryl/α,β-unsaturated/α-hetero) is 1. The van der Waals surface area contributed by atoms with Gasteiger partial charge in [0, 0.05) is 38.2 Å². The molecule has 3 N–H and O–H groups in total. The number of thiophene rings is 1. The molecule has 0 aliphatic heterocycles. The van der Waals surface area contributed by atoms with Gasteiger partial charge < -0.3 is 24.9 Å². The summed E-state index contributed by atoms with van der Waals surface area (Å²) < 4.78 is 11.8. The number of hydrogen-bond acceptors (Lipinski definition) is 6. The Labute approximate surface area is 229 Å². The van der Waals surface area contributed by atoms with Crippen LogP contribution < -0.4 is 5.32 Å². The molecule has 0 fully saturated rings. The lowest BCUT2D eigenvalue weighted by Gasteiger charge is -2.38. The number of rotatable bonds is 10. The summed E-state index contributed by atoms with van der Waals surface area (Å²) in [6.07, 6.45) is 2.00. The van der Waals surface area contributed by atoms with Crippen LogP contribution in [0.5, 0.6) is 0 Å². The van der Waals surface area contributed by atoms with Crippen LogP contribution in [0, 0.1) is 5.41 Å². The molecule has 3 aromatic rings. The normalized spacial score (nSPS) is 18.0. The number of hydrogen-bond donors (Lipinski definition) is 3. The van der Waals surface area contributed by atoms with E-state index in [1.54, 1.807) is 13.2 Å². The maximum Gasteiger partial charge on any atom is 0.290 e. The Kier molecular flexibility index (Phi) is 10.1. The van der Waals surface area contributed by atoms with Crippen molar-refractivity contribution < 1.29 is 29.0 Å². The Morgan fingerprint density at radius 3 is 2.62 bits per heavy atom. The number of H-pyrrole nitrogens is 1. The van der Waals surface area contributed by atoms with Crippen molar-refractivity contribution in [2.24, 2.45) is 5.41 Å². The molecule has 0 saturated heterocycles. The van der Waals surface area contributed by atoms with Gasteiger partial charge in [0.2, 0.25) is 0 Å². The molecule has 3 atom stereocenters. The maximum atomic E-state index is 13.4. The van der Waals surface area contributed by atoms with Crippen molar-refractivity contribution in [1.29, 1.82) is 0 Å². The summed E-state index contributed by atoms with van der Waals surface area (Å²) in [5, 5.41) is 10.5. The van der Waals surface area contributed by atoms with Crippen molar-refractivity contribution in [1.82, 2.24) is 10.3 Å². The van der Waals surface area contributed by atoms with E-state index >= 15 is 0 Å². The number of ketones is 1. The lowest BCUT2D eigenvalue weighted by atomic mass is 9.67. The fourth-order valence-corrected chi connectivity index (χ4v) is 6.63. The lowest BCUT2D eigenvalue weighted by molar-refractivity contribution is -0.134. The topological polar surface area (TPSA) is 118 Å². The Morgan fingerprint density at radius 2 is 1.97 bits per heavy atom. The third-order valence-electron chi connectivity index (χ3n) is 6.81. The third-order valence-corrected chi connectivity index (χ3v) is 8.74. The van der Waals surface area contributed by atoms with E-state index in [2.05, 4.69) is 22.4 Å². The van der Waals surface area contributed by atoms with E-state index in [1.807, 2.05) is 19.1 Å². The summed E-state index contributed by atoms with van der Waals surface area (Å²) in [4.78, 5) is 38.2. The molecule has 4 rings (SSSR count). The Balaban J connectivity index is 0.00000121. The van der Waals surface area contributed by atoms with Gasteiger partial charge in [0.25, 0.3) is 12.4 Å². The number of ether oxygens (including phenoxy) is 2. The third kappa shape index (κ3) is 6.18. The molecule has 2 heterocycles. The first-order chi connectivity index (χ1) is 17.7. The summed E-state index contributed by atoms with van der Waals surface area (Å²) in [6.45, 7) is 2.32. The summed E-state index contributed by atoms with van der Waals surface area (Å²) >= 11 is 13.7. The van der Waals surface area contributed by atoms with E-state index in [-0.39, 0.29) is 36.7 Å². The van der Waals surface area contributed by atoms with Crippen molar-refractivity contribution in [3.8, 4) is 0 Å². The largest absolute Gasteiger partial charge is 0.483 e. The van der Waals surface area contributed by atoms with Crippen LogP contribution in [0.4, 0.5) is 0 Å². The first-order valence-electron chi connectivity index (χ1n) is 11.7. The molecule has 8 nitrogen and oxygen atoms in total. The van der Waals surface area contributed by atoms with Crippen molar-refractivity contribution in [2.45, 2.75) is 38.1 Å². The number of methoxy groups -OCH3 is 2. The molecule has 200 valence electrons. The number of halogens is 2. The van der Waals surface area contributed by atoms with Gasteiger partial charge in [-0.1, -0.05) is 54.4 Å².